The number of nitrogens with zero attached hydrogens (tertiary/aromatic N) is 3. The molecule has 1 rings (SSSR count). The Hall–Kier alpha value is -2.23. The molecule has 0 saturated heterocycles. The molecule has 0 aliphatic rings. The molecule has 0 aliphatic carbocycles. The lowest BCUT2D eigenvalue weighted by atomic mass is 10.4. The van der Waals surface area contributed by atoms with Gasteiger partial charge in [0.05, 0.1) is 13.7 Å². The van der Waals surface area contributed by atoms with Crippen LogP contribution in [0.1, 0.15) is 12.7 Å². The van der Waals surface area contributed by atoms with E-state index in [0.717, 1.165) is 18.6 Å². The maximum absolute atomic E-state index is 11.2. The minimum absolute atomic E-state index is 0.0199. The lowest BCUT2D eigenvalue weighted by Crippen LogP contribution is -2.18. The third-order valence-corrected chi connectivity index (χ3v) is 2.15. The Labute approximate surface area is 106 Å². The molecule has 1 aromatic rings. The van der Waals surface area contributed by atoms with Gasteiger partial charge in [-0.2, -0.15) is 9.36 Å². The van der Waals surface area contributed by atoms with Crippen LogP contribution in [0.3, 0.4) is 0 Å². The minimum atomic E-state index is -0.887. The first-order valence-electron chi connectivity index (χ1n) is 4.66. The van der Waals surface area contributed by atoms with Gasteiger partial charge in [-0.25, -0.2) is 10.2 Å². The first-order chi connectivity index (χ1) is 8.62. The Balaban J connectivity index is 2.79. The second-order valence-corrected chi connectivity index (χ2v) is 3.36. The minimum Gasteiger partial charge on any atom is -0.464 e. The van der Waals surface area contributed by atoms with Gasteiger partial charge in [-0.1, -0.05) is 5.16 Å². The number of ether oxygens (including phenoxy) is 3. The van der Waals surface area contributed by atoms with Gasteiger partial charge >= 0.3 is 17.2 Å². The molecule has 0 aromatic carbocycles. The van der Waals surface area contributed by atoms with Crippen LogP contribution in [-0.4, -0.2) is 46.0 Å². The zero-order chi connectivity index (χ0) is 13.5. The smallest absolute Gasteiger partial charge is 0.388 e. The van der Waals surface area contributed by atoms with Gasteiger partial charge in [0.2, 0.25) is 11.5 Å². The van der Waals surface area contributed by atoms with Gasteiger partial charge < -0.3 is 19.4 Å². The normalized spacial score (nSPS) is 10.9. The van der Waals surface area contributed by atoms with Crippen LogP contribution in [-0.2, 0) is 14.3 Å². The second kappa shape index (κ2) is 6.49. The van der Waals surface area contributed by atoms with E-state index in [1.807, 2.05) is 0 Å². The van der Waals surface area contributed by atoms with Gasteiger partial charge in [0.1, 0.15) is 0 Å². The van der Waals surface area contributed by atoms with Crippen LogP contribution in [0.2, 0.25) is 0 Å². The van der Waals surface area contributed by atoms with Crippen LogP contribution < -0.4 is 4.74 Å². The molecular formula is C8H10N4O5S. The first-order valence-corrected chi connectivity index (χ1v) is 5.43. The van der Waals surface area contributed by atoms with Crippen molar-refractivity contribution in [3.63, 3.8) is 0 Å². The largest absolute Gasteiger partial charge is 0.464 e. The molecule has 0 aliphatic heterocycles. The molecule has 0 unspecified atom stereocenters. The highest BCUT2D eigenvalue weighted by atomic mass is 32.1. The van der Waals surface area contributed by atoms with E-state index < -0.39 is 17.8 Å². The van der Waals surface area contributed by atoms with E-state index in [-0.39, 0.29) is 17.6 Å². The third kappa shape index (κ3) is 3.38. The average molecular weight is 274 g/mol. The van der Waals surface area contributed by atoms with Crippen molar-refractivity contribution in [3.8, 4) is 5.19 Å². The Morgan fingerprint density at radius 1 is 1.61 bits per heavy atom. The van der Waals surface area contributed by atoms with E-state index in [1.165, 1.54) is 0 Å². The third-order valence-electron chi connectivity index (χ3n) is 1.55. The fourth-order valence-corrected chi connectivity index (χ4v) is 1.39. The summed E-state index contributed by atoms with van der Waals surface area (Å²) in [4.78, 5) is 14.9. The predicted molar refractivity (Wildman–Crippen MR) is 60.2 cm³/mol. The summed E-state index contributed by atoms with van der Waals surface area (Å²) in [5.74, 6) is -1.05. The number of carbonyl (C=O) groups excluding carboxylic acids is 1. The van der Waals surface area contributed by atoms with Crippen LogP contribution in [0.15, 0.2) is 5.16 Å². The van der Waals surface area contributed by atoms with Gasteiger partial charge in [0.25, 0.3) is 0 Å². The van der Waals surface area contributed by atoms with Gasteiger partial charge in [-0.15, -0.1) is 0 Å². The van der Waals surface area contributed by atoms with Crippen molar-refractivity contribution in [1.82, 2.24) is 9.36 Å². The maximum Gasteiger partial charge on any atom is 0.388 e. The summed E-state index contributed by atoms with van der Waals surface area (Å²) in [7, 11) is 1.13. The summed E-state index contributed by atoms with van der Waals surface area (Å²) >= 11 is 0.771. The SMILES string of the molecule is CCOC(=N)Oc1nc(/C(=N/O)C(=O)OC)ns1. The quantitative estimate of drug-likeness (QED) is 0.264. The van der Waals surface area contributed by atoms with Crippen molar-refractivity contribution in [2.75, 3.05) is 13.7 Å². The summed E-state index contributed by atoms with van der Waals surface area (Å²) in [6.07, 6.45) is -0.444. The number of methoxy groups -OCH3 is 1. The number of hydrogen-bond donors (Lipinski definition) is 2. The van der Waals surface area contributed by atoms with Crippen molar-refractivity contribution in [2.24, 2.45) is 5.16 Å². The summed E-state index contributed by atoms with van der Waals surface area (Å²) in [5, 5.41) is 18.6. The summed E-state index contributed by atoms with van der Waals surface area (Å²) in [6.45, 7) is 1.97. The van der Waals surface area contributed by atoms with Gasteiger partial charge in [0.15, 0.2) is 0 Å². The molecule has 0 bridgehead atoms. The highest BCUT2D eigenvalue weighted by molar-refractivity contribution is 7.07. The van der Waals surface area contributed by atoms with Crippen molar-refractivity contribution in [2.45, 2.75) is 6.92 Å². The molecule has 0 fully saturated rings. The topological polar surface area (TPSA) is 127 Å². The molecule has 1 aromatic heterocycles. The standard InChI is InChI=1S/C8H10N4O5S/c1-3-16-7(9)17-8-10-5(12-18-8)4(11-14)6(13)15-2/h9,14H,3H2,1-2H3/b9-7?,11-4-. The zero-order valence-electron chi connectivity index (χ0n) is 9.54. The van der Waals surface area contributed by atoms with Crippen molar-refractivity contribution < 1.29 is 24.2 Å². The van der Waals surface area contributed by atoms with Crippen LogP contribution in [0, 0.1) is 5.41 Å². The first kappa shape index (κ1) is 13.8. The van der Waals surface area contributed by atoms with Crippen molar-refractivity contribution in [3.05, 3.63) is 5.82 Å². The fourth-order valence-electron chi connectivity index (χ4n) is 0.861. The van der Waals surface area contributed by atoms with E-state index in [1.54, 1.807) is 6.92 Å². The van der Waals surface area contributed by atoms with E-state index in [4.69, 9.17) is 20.1 Å². The average Bonchev–Trinajstić information content (AvgIpc) is 2.78. The van der Waals surface area contributed by atoms with Crippen LogP contribution in [0.25, 0.3) is 0 Å². The second-order valence-electron chi connectivity index (χ2n) is 2.65. The van der Waals surface area contributed by atoms with Crippen LogP contribution in [0.4, 0.5) is 0 Å². The Morgan fingerprint density at radius 3 is 2.89 bits per heavy atom. The number of nitrogens with one attached hydrogen (secondary N) is 1. The molecule has 0 radical (unpaired) electrons. The molecule has 2 N–H and O–H groups in total. The van der Waals surface area contributed by atoms with Crippen LogP contribution in [0.5, 0.6) is 5.19 Å². The summed E-state index contributed by atoms with van der Waals surface area (Å²) < 4.78 is 17.7. The number of carbonyl (C=O) groups is 1. The lowest BCUT2D eigenvalue weighted by molar-refractivity contribution is -0.132. The van der Waals surface area contributed by atoms with E-state index in [2.05, 4.69) is 19.3 Å². The monoisotopic (exact) mass is 274 g/mol. The predicted octanol–water partition coefficient (Wildman–Crippen LogP) is 0.239. The molecule has 98 valence electrons. The van der Waals surface area contributed by atoms with Gasteiger partial charge in [-0.05, 0) is 6.92 Å². The summed E-state index contributed by atoms with van der Waals surface area (Å²) in [5.41, 5.74) is -0.452. The number of esters is 1. The molecule has 0 saturated carbocycles. The lowest BCUT2D eigenvalue weighted by Gasteiger charge is -2.01. The van der Waals surface area contributed by atoms with Crippen molar-refractivity contribution in [1.29, 1.82) is 5.41 Å². The number of oxime groups is 1. The highest BCUT2D eigenvalue weighted by Gasteiger charge is 2.21. The van der Waals surface area contributed by atoms with Crippen molar-refractivity contribution >= 4 is 29.3 Å². The Bertz CT molecular complexity index is 472. The fraction of sp³-hybridized carbons (Fsp3) is 0.375. The Kier molecular flexibility index (Phi) is 4.99. The van der Waals surface area contributed by atoms with E-state index in [9.17, 15) is 4.79 Å². The molecule has 10 heteroatoms. The summed E-state index contributed by atoms with van der Waals surface area (Å²) in [6, 6.07) is 0. The van der Waals surface area contributed by atoms with Gasteiger partial charge in [-0.3, -0.25) is 0 Å². The maximum atomic E-state index is 11.2. The molecule has 0 amide bonds. The van der Waals surface area contributed by atoms with Gasteiger partial charge in [0, 0.05) is 11.5 Å². The van der Waals surface area contributed by atoms with E-state index >= 15 is 0 Å². The highest BCUT2D eigenvalue weighted by Crippen LogP contribution is 2.15. The number of aromatic nitrogens is 2. The van der Waals surface area contributed by atoms with E-state index in [0.29, 0.717) is 0 Å². The molecule has 9 nitrogen and oxygen atoms in total. The molecule has 0 spiro atoms. The number of hydrogen-bond acceptors (Lipinski definition) is 10. The molecule has 0 atom stereocenters. The molecule has 1 heterocycles. The Morgan fingerprint density at radius 2 is 2.33 bits per heavy atom. The molecular weight excluding hydrogens is 264 g/mol. The zero-order valence-corrected chi connectivity index (χ0v) is 10.4. The van der Waals surface area contributed by atoms with Crippen LogP contribution >= 0.6 is 11.5 Å². The number of rotatable bonds is 4. The molecule has 18 heavy (non-hydrogen) atoms.